The molecule has 1 aromatic carbocycles. The molecule has 3 atom stereocenters. The van der Waals surface area contributed by atoms with Crippen molar-refractivity contribution in [2.45, 2.75) is 98.0 Å². The van der Waals surface area contributed by atoms with Crippen LogP contribution in [0, 0.1) is 16.7 Å². The van der Waals surface area contributed by atoms with Crippen LogP contribution in [0.3, 0.4) is 0 Å². The zero-order valence-electron chi connectivity index (χ0n) is 26.0. The van der Waals surface area contributed by atoms with Gasteiger partial charge in [0.1, 0.15) is 18.5 Å². The lowest BCUT2D eigenvalue weighted by molar-refractivity contribution is -0.125. The lowest BCUT2D eigenvalue weighted by Crippen LogP contribution is -2.52. The quantitative estimate of drug-likeness (QED) is 0.142. The van der Waals surface area contributed by atoms with E-state index in [0.29, 0.717) is 24.1 Å². The van der Waals surface area contributed by atoms with E-state index in [4.69, 9.17) is 17.7 Å². The fraction of sp³-hybridized carbons (Fsp3) is 0.700. The van der Waals surface area contributed by atoms with Gasteiger partial charge in [-0.3, -0.25) is 4.79 Å². The van der Waals surface area contributed by atoms with E-state index >= 15 is 0 Å². The first-order valence-electron chi connectivity index (χ1n) is 14.5. The van der Waals surface area contributed by atoms with E-state index in [1.807, 2.05) is 24.3 Å². The van der Waals surface area contributed by atoms with Crippen molar-refractivity contribution in [1.82, 2.24) is 0 Å². The molecule has 2 bridgehead atoms. The molecule has 2 saturated carbocycles. The van der Waals surface area contributed by atoms with Crippen molar-refractivity contribution in [2.75, 3.05) is 19.8 Å². The number of benzene rings is 1. The van der Waals surface area contributed by atoms with Gasteiger partial charge in [0.2, 0.25) is 0 Å². The van der Waals surface area contributed by atoms with E-state index < -0.39 is 31.3 Å². The highest BCUT2D eigenvalue weighted by Crippen LogP contribution is 2.65. The molecule has 220 valence electrons. The van der Waals surface area contributed by atoms with E-state index in [-0.39, 0.29) is 24.0 Å². The number of aliphatic hydroxyl groups is 1. The fourth-order valence-electron chi connectivity index (χ4n) is 6.31. The van der Waals surface area contributed by atoms with Gasteiger partial charge < -0.3 is 22.8 Å². The zero-order chi connectivity index (χ0) is 29.3. The van der Waals surface area contributed by atoms with E-state index in [0.717, 1.165) is 36.4 Å². The van der Waals surface area contributed by atoms with Gasteiger partial charge >= 0.3 is 8.56 Å². The number of allylic oxidation sites excluding steroid dienone is 1. The zero-order valence-corrected chi connectivity index (χ0v) is 29.0. The Morgan fingerprint density at radius 1 is 0.974 bits per heavy atom. The summed E-state index contributed by atoms with van der Waals surface area (Å²) in [5.74, 6) is 1.33. The molecule has 0 aliphatic heterocycles. The minimum atomic E-state index is -2.26. The van der Waals surface area contributed by atoms with Crippen molar-refractivity contribution in [3.63, 3.8) is 0 Å². The molecule has 1 aromatic rings. The predicted octanol–water partition coefficient (Wildman–Crippen LogP) is 7.02. The van der Waals surface area contributed by atoms with Crippen LogP contribution < -0.4 is 4.74 Å². The number of hydrogen-bond donors (Lipinski definition) is 1. The molecule has 9 heteroatoms. The summed E-state index contributed by atoms with van der Waals surface area (Å²) >= 11 is 0. The summed E-state index contributed by atoms with van der Waals surface area (Å²) in [5, 5.41) is 10.4. The Morgan fingerprint density at radius 2 is 1.56 bits per heavy atom. The summed E-state index contributed by atoms with van der Waals surface area (Å²) in [6, 6.07) is 8.64. The Morgan fingerprint density at radius 3 is 2.08 bits per heavy atom. The van der Waals surface area contributed by atoms with Crippen molar-refractivity contribution in [1.29, 1.82) is 0 Å². The second kappa shape index (κ2) is 12.0. The summed E-state index contributed by atoms with van der Waals surface area (Å²) in [6.45, 7) is 23.0. The van der Waals surface area contributed by atoms with Crippen LogP contribution in [-0.4, -0.2) is 62.0 Å². The Hall–Kier alpha value is -1.08. The summed E-state index contributed by atoms with van der Waals surface area (Å²) in [7, 11) is -5.67. The number of carbonyl (C=O) groups is 1. The molecule has 6 nitrogen and oxygen atoms in total. The third-order valence-corrected chi connectivity index (χ3v) is 17.9. The molecule has 39 heavy (non-hydrogen) atoms. The summed E-state index contributed by atoms with van der Waals surface area (Å²) < 4.78 is 24.6. The molecule has 3 unspecified atom stereocenters. The molecule has 2 fully saturated rings. The van der Waals surface area contributed by atoms with Gasteiger partial charge in [-0.2, -0.15) is 0 Å². The molecule has 0 aromatic heterocycles. The van der Waals surface area contributed by atoms with Gasteiger partial charge in [-0.25, -0.2) is 0 Å². The van der Waals surface area contributed by atoms with Gasteiger partial charge in [0.05, 0.1) is 6.61 Å². The SMILES string of the molecule is CC12CCC(C(=Cc3ccc(OCC(O)COCCC[Si](C)(O[Si](C)(C)C)O[Si](C)(C)C)cc3)C1=O)C2(C)C. The largest absolute Gasteiger partial charge is 0.491 e. The number of Topliss-reactive ketones (excluding diaryl/α,β-unsaturated/α-hetero) is 1. The highest BCUT2D eigenvalue weighted by Gasteiger charge is 2.63. The van der Waals surface area contributed by atoms with Crippen molar-refractivity contribution in [2.24, 2.45) is 16.7 Å². The minimum absolute atomic E-state index is 0.0162. The lowest BCUT2D eigenvalue weighted by atomic mass is 9.70. The van der Waals surface area contributed by atoms with Crippen LogP contribution in [0.5, 0.6) is 5.75 Å². The molecular formula is C30H52O6Si3. The first-order valence-corrected chi connectivity index (χ1v) is 23.8. The number of ether oxygens (including phenoxy) is 2. The third-order valence-electron chi connectivity index (χ3n) is 8.28. The van der Waals surface area contributed by atoms with Crippen molar-refractivity contribution in [3.05, 3.63) is 35.4 Å². The van der Waals surface area contributed by atoms with Crippen LogP contribution in [0.2, 0.25) is 51.9 Å². The highest BCUT2D eigenvalue weighted by molar-refractivity contribution is 6.87. The van der Waals surface area contributed by atoms with E-state index in [1.165, 1.54) is 0 Å². The molecule has 0 amide bonds. The summed E-state index contributed by atoms with van der Waals surface area (Å²) in [4.78, 5) is 13.1. The fourth-order valence-corrected chi connectivity index (χ4v) is 18.8. The smallest absolute Gasteiger partial charge is 0.314 e. The number of fused-ring (bicyclic) bond motifs is 2. The van der Waals surface area contributed by atoms with E-state index in [1.54, 1.807) is 0 Å². The Kier molecular flexibility index (Phi) is 10.0. The molecule has 0 spiro atoms. The van der Waals surface area contributed by atoms with Gasteiger partial charge in [-0.05, 0) is 112 Å². The molecule has 2 aliphatic rings. The number of aliphatic hydroxyl groups excluding tert-OH is 1. The maximum absolute atomic E-state index is 13.1. The Labute approximate surface area is 240 Å². The standard InChI is InChI=1S/C30H52O6Si3/c1-29(2)27-16-17-30(29,3)28(32)26(27)20-23-12-14-25(15-13-23)34-22-24(31)21-33-18-11-19-39(10,35-37(4,5)6)36-38(7,8)9/h12-15,20,24,27,31H,11,16-19,21-22H2,1-10H3. The topological polar surface area (TPSA) is 74.2 Å². The second-order valence-electron chi connectivity index (χ2n) is 14.3. The van der Waals surface area contributed by atoms with Crippen LogP contribution >= 0.6 is 0 Å². The number of hydrogen-bond acceptors (Lipinski definition) is 6. The van der Waals surface area contributed by atoms with Crippen LogP contribution in [0.4, 0.5) is 0 Å². The number of carbonyl (C=O) groups excluding carboxylic acids is 1. The number of ketones is 1. The van der Waals surface area contributed by atoms with Crippen LogP contribution in [-0.2, 0) is 17.8 Å². The first kappa shape index (κ1) is 32.4. The highest BCUT2D eigenvalue weighted by atomic mass is 28.5. The molecule has 0 heterocycles. The van der Waals surface area contributed by atoms with Crippen molar-refractivity contribution < 1.29 is 27.6 Å². The van der Waals surface area contributed by atoms with Crippen LogP contribution in [0.15, 0.2) is 29.8 Å². The molecule has 0 radical (unpaired) electrons. The average Bonchev–Trinajstić information content (AvgIpc) is 3.09. The maximum atomic E-state index is 13.1. The van der Waals surface area contributed by atoms with Gasteiger partial charge in [0.25, 0.3) is 0 Å². The second-order valence-corrected chi connectivity index (χ2v) is 27.2. The molecular weight excluding hydrogens is 541 g/mol. The average molecular weight is 593 g/mol. The Bertz CT molecular complexity index is 1010. The molecule has 1 N–H and O–H groups in total. The van der Waals surface area contributed by atoms with Gasteiger partial charge in [-0.1, -0.05) is 32.9 Å². The Balaban J connectivity index is 1.42. The molecule has 2 aliphatic carbocycles. The van der Waals surface area contributed by atoms with Crippen LogP contribution in [0.25, 0.3) is 6.08 Å². The first-order chi connectivity index (χ1) is 17.9. The maximum Gasteiger partial charge on any atom is 0.314 e. The number of rotatable bonds is 14. The van der Waals surface area contributed by atoms with Gasteiger partial charge in [0, 0.05) is 12.0 Å². The van der Waals surface area contributed by atoms with Crippen LogP contribution in [0.1, 0.15) is 45.6 Å². The predicted molar refractivity (Wildman–Crippen MR) is 166 cm³/mol. The van der Waals surface area contributed by atoms with E-state index in [2.05, 4.69) is 72.7 Å². The summed E-state index contributed by atoms with van der Waals surface area (Å²) in [5.41, 5.74) is 1.75. The minimum Gasteiger partial charge on any atom is -0.491 e. The van der Waals surface area contributed by atoms with E-state index in [9.17, 15) is 9.90 Å². The lowest BCUT2D eigenvalue weighted by Gasteiger charge is -2.38. The van der Waals surface area contributed by atoms with Gasteiger partial charge in [0.15, 0.2) is 22.4 Å². The third kappa shape index (κ3) is 8.24. The molecule has 3 rings (SSSR count). The summed E-state index contributed by atoms with van der Waals surface area (Å²) in [6.07, 6.45) is 4.27. The monoisotopic (exact) mass is 592 g/mol. The van der Waals surface area contributed by atoms with Gasteiger partial charge in [-0.15, -0.1) is 0 Å². The molecule has 0 saturated heterocycles. The van der Waals surface area contributed by atoms with Crippen molar-refractivity contribution in [3.8, 4) is 5.75 Å². The normalized spacial score (nSPS) is 24.9. The van der Waals surface area contributed by atoms with Crippen molar-refractivity contribution >= 4 is 37.1 Å².